The number of aliphatic hydroxyl groups is 1. The average Bonchev–Trinajstić information content (AvgIpc) is 3.38. The Bertz CT molecular complexity index is 1210. The fraction of sp³-hybridized carbons (Fsp3) is 0.417. The molecule has 2 aromatic heterocycles. The number of nitrogens with one attached hydrogen (secondary N) is 2. The first-order valence-corrected chi connectivity index (χ1v) is 13.7. The molecule has 0 saturated carbocycles. The highest BCUT2D eigenvalue weighted by atomic mass is 35.5. The van der Waals surface area contributed by atoms with Crippen LogP contribution in [0.25, 0.3) is 11.1 Å². The van der Waals surface area contributed by atoms with Crippen LogP contribution in [0.2, 0.25) is 5.02 Å². The third-order valence-corrected chi connectivity index (χ3v) is 9.32. The molecule has 0 radical (unpaired) electrons. The number of likely N-dealkylation sites (N-methyl/N-ethyl adjacent to an activating group) is 1. The van der Waals surface area contributed by atoms with Crippen LogP contribution in [-0.2, 0) is 17.7 Å². The van der Waals surface area contributed by atoms with E-state index < -0.39 is 19.3 Å². The van der Waals surface area contributed by atoms with Crippen molar-refractivity contribution in [3.8, 4) is 11.1 Å². The molecule has 1 fully saturated rings. The summed E-state index contributed by atoms with van der Waals surface area (Å²) in [5.74, 6) is -0.0746. The molecule has 4 atom stereocenters. The van der Waals surface area contributed by atoms with Gasteiger partial charge in [-0.25, -0.2) is 9.37 Å². The van der Waals surface area contributed by atoms with E-state index in [0.29, 0.717) is 24.3 Å². The van der Waals surface area contributed by atoms with Gasteiger partial charge in [0.1, 0.15) is 11.6 Å². The maximum absolute atomic E-state index is 14.3. The van der Waals surface area contributed by atoms with Crippen molar-refractivity contribution in [2.24, 2.45) is 0 Å². The van der Waals surface area contributed by atoms with E-state index >= 15 is 0 Å². The van der Waals surface area contributed by atoms with Crippen molar-refractivity contribution in [3.63, 3.8) is 0 Å². The molecule has 5 N–H and O–H groups in total. The first kappa shape index (κ1) is 25.8. The number of nitrogens with two attached hydrogens (primary N) is 1. The minimum absolute atomic E-state index is 0.0732. The fourth-order valence-electron chi connectivity index (χ4n) is 4.37. The number of ether oxygens (including phenoxy) is 1. The maximum atomic E-state index is 14.3. The lowest BCUT2D eigenvalue weighted by molar-refractivity contribution is -0.138. The largest absolute Gasteiger partial charge is 0.388 e. The molecule has 4 unspecified atom stereocenters. The normalized spacial score (nSPS) is 22.9. The molecule has 1 saturated heterocycles. The molecule has 0 spiro atoms. The summed E-state index contributed by atoms with van der Waals surface area (Å²) < 4.78 is 21.9. The van der Waals surface area contributed by atoms with Gasteiger partial charge in [-0.3, -0.25) is 4.68 Å². The topological polar surface area (TPSA) is 110 Å². The fourth-order valence-corrected chi connectivity index (χ4v) is 6.13. The predicted molar refractivity (Wildman–Crippen MR) is 140 cm³/mol. The molecule has 8 nitrogen and oxygen atoms in total. The Balaban J connectivity index is 1.56. The van der Waals surface area contributed by atoms with Crippen LogP contribution in [-0.4, -0.2) is 58.4 Å². The van der Waals surface area contributed by atoms with E-state index in [1.54, 1.807) is 39.5 Å². The minimum Gasteiger partial charge on any atom is -0.388 e. The molecule has 3 aromatic rings. The Morgan fingerprint density at radius 3 is 2.80 bits per heavy atom. The molecule has 0 bridgehead atoms. The average molecular weight is 521 g/mol. The van der Waals surface area contributed by atoms with Crippen LogP contribution in [0.5, 0.6) is 0 Å². The van der Waals surface area contributed by atoms with E-state index in [1.165, 1.54) is 6.07 Å². The van der Waals surface area contributed by atoms with Crippen LogP contribution in [0.4, 0.5) is 15.9 Å². The Labute approximate surface area is 210 Å². The lowest BCUT2D eigenvalue weighted by atomic mass is 9.96. The van der Waals surface area contributed by atoms with E-state index in [-0.39, 0.29) is 17.2 Å². The van der Waals surface area contributed by atoms with Crippen molar-refractivity contribution in [2.45, 2.75) is 37.6 Å². The van der Waals surface area contributed by atoms with Crippen LogP contribution < -0.4 is 16.4 Å². The van der Waals surface area contributed by atoms with Crippen molar-refractivity contribution < 1.29 is 14.2 Å². The molecular weight excluding hydrogens is 490 g/mol. The lowest BCUT2D eigenvalue weighted by Gasteiger charge is -2.22. The van der Waals surface area contributed by atoms with Crippen molar-refractivity contribution in [3.05, 3.63) is 58.8 Å². The van der Waals surface area contributed by atoms with Gasteiger partial charge in [0.05, 0.1) is 23.9 Å². The SMILES string of the molecule is CNc1ccc(F)c(Cl)c1C(Cc1cc(-c2cnn(CC3CP(C)C(C)(O)O3)c2)cnc1N)NC. The highest BCUT2D eigenvalue weighted by Gasteiger charge is 2.40. The summed E-state index contributed by atoms with van der Waals surface area (Å²) in [7, 11) is 2.97. The quantitative estimate of drug-likeness (QED) is 0.332. The summed E-state index contributed by atoms with van der Waals surface area (Å²) in [6.45, 7) is 4.33. The molecule has 35 heavy (non-hydrogen) atoms. The van der Waals surface area contributed by atoms with Crippen molar-refractivity contribution in [1.82, 2.24) is 20.1 Å². The monoisotopic (exact) mass is 520 g/mol. The molecule has 1 aliphatic heterocycles. The van der Waals surface area contributed by atoms with Gasteiger partial charge in [-0.05, 0) is 58.7 Å². The molecular formula is C24H31ClFN6O2P. The number of benzene rings is 1. The zero-order valence-corrected chi connectivity index (χ0v) is 21.9. The highest BCUT2D eigenvalue weighted by Crippen LogP contribution is 2.52. The number of hydrogen-bond acceptors (Lipinski definition) is 7. The number of rotatable bonds is 8. The van der Waals surface area contributed by atoms with Gasteiger partial charge >= 0.3 is 0 Å². The van der Waals surface area contributed by atoms with Crippen LogP contribution in [0.3, 0.4) is 0 Å². The molecule has 4 rings (SSSR count). The van der Waals surface area contributed by atoms with Gasteiger partial charge in [-0.1, -0.05) is 11.6 Å². The van der Waals surface area contributed by atoms with E-state index in [9.17, 15) is 9.50 Å². The van der Waals surface area contributed by atoms with Gasteiger partial charge in [0, 0.05) is 54.0 Å². The second-order valence-electron chi connectivity index (χ2n) is 8.89. The van der Waals surface area contributed by atoms with E-state index in [1.807, 2.05) is 23.6 Å². The smallest absolute Gasteiger partial charge is 0.181 e. The first-order valence-electron chi connectivity index (χ1n) is 11.3. The minimum atomic E-state index is -1.05. The van der Waals surface area contributed by atoms with Gasteiger partial charge in [-0.15, -0.1) is 0 Å². The Kier molecular flexibility index (Phi) is 7.64. The summed E-state index contributed by atoms with van der Waals surface area (Å²) >= 11 is 6.35. The summed E-state index contributed by atoms with van der Waals surface area (Å²) in [5.41, 5.74) is 9.11. The van der Waals surface area contributed by atoms with Crippen molar-refractivity contribution >= 4 is 31.0 Å². The summed E-state index contributed by atoms with van der Waals surface area (Å²) in [6, 6.07) is 4.70. The molecule has 1 aliphatic rings. The molecule has 0 amide bonds. The van der Waals surface area contributed by atoms with Crippen molar-refractivity contribution in [2.75, 3.05) is 38.0 Å². The van der Waals surface area contributed by atoms with Crippen molar-refractivity contribution in [1.29, 1.82) is 0 Å². The van der Waals surface area contributed by atoms with Gasteiger partial charge in [0.25, 0.3) is 0 Å². The Morgan fingerprint density at radius 1 is 1.37 bits per heavy atom. The van der Waals surface area contributed by atoms with E-state index in [4.69, 9.17) is 22.1 Å². The van der Waals surface area contributed by atoms with Crippen LogP contribution in [0.1, 0.15) is 24.1 Å². The van der Waals surface area contributed by atoms with Crippen LogP contribution in [0, 0.1) is 5.82 Å². The number of hydrogen-bond donors (Lipinski definition) is 4. The highest BCUT2D eigenvalue weighted by molar-refractivity contribution is 7.58. The maximum Gasteiger partial charge on any atom is 0.181 e. The number of pyridine rings is 1. The standard InChI is InChI=1S/C24H31ClFN6O2P/c1-24(33)34-17(13-35(24)4)12-32-11-16(10-31-32)15-7-14(23(27)30-9-15)8-20(29-3)21-19(28-2)6-5-18(26)22(21)25/h5-7,9-11,17,20,28-29,33H,8,12-13H2,1-4H3,(H2,27,30). The summed E-state index contributed by atoms with van der Waals surface area (Å²) in [6.07, 6.45) is 6.63. The first-order chi connectivity index (χ1) is 16.6. The van der Waals surface area contributed by atoms with Gasteiger partial charge in [0.15, 0.2) is 5.53 Å². The molecule has 1 aromatic carbocycles. The number of halogens is 2. The number of nitrogen functional groups attached to an aromatic ring is 1. The third kappa shape index (κ3) is 5.44. The Hall–Kier alpha value is -2.29. The van der Waals surface area contributed by atoms with E-state index in [2.05, 4.69) is 20.7 Å². The summed E-state index contributed by atoms with van der Waals surface area (Å²) in [5, 5.41) is 21.2. The summed E-state index contributed by atoms with van der Waals surface area (Å²) in [4.78, 5) is 4.40. The van der Waals surface area contributed by atoms with Gasteiger partial charge < -0.3 is 26.2 Å². The Morgan fingerprint density at radius 2 is 2.14 bits per heavy atom. The van der Waals surface area contributed by atoms with Gasteiger partial charge in [-0.2, -0.15) is 5.10 Å². The third-order valence-electron chi connectivity index (χ3n) is 6.46. The second-order valence-corrected chi connectivity index (χ2v) is 11.9. The number of anilines is 2. The number of aromatic nitrogens is 3. The molecule has 0 aliphatic carbocycles. The van der Waals surface area contributed by atoms with Crippen LogP contribution in [0.15, 0.2) is 36.8 Å². The zero-order valence-electron chi connectivity index (χ0n) is 20.2. The molecule has 188 valence electrons. The predicted octanol–water partition coefficient (Wildman–Crippen LogP) is 4.04. The second kappa shape index (κ2) is 10.4. The number of nitrogens with zero attached hydrogens (tertiary/aromatic N) is 3. The molecule has 11 heteroatoms. The lowest BCUT2D eigenvalue weighted by Crippen LogP contribution is -2.25. The van der Waals surface area contributed by atoms with Gasteiger partial charge in [0.2, 0.25) is 0 Å². The van der Waals surface area contributed by atoms with E-state index in [0.717, 1.165) is 28.5 Å². The zero-order chi connectivity index (χ0) is 25.3. The van der Waals surface area contributed by atoms with Crippen LogP contribution >= 0.6 is 19.5 Å². The molecule has 3 heterocycles.